The van der Waals surface area contributed by atoms with Crippen LogP contribution in [0.2, 0.25) is 18.1 Å². The highest BCUT2D eigenvalue weighted by atomic mass is 28.4. The molecule has 7 heteroatoms. The maximum atomic E-state index is 12.6. The van der Waals surface area contributed by atoms with E-state index < -0.39 is 20.2 Å². The van der Waals surface area contributed by atoms with Crippen molar-refractivity contribution in [2.45, 2.75) is 51.2 Å². The Morgan fingerprint density at radius 3 is 2.28 bits per heavy atom. The first-order chi connectivity index (χ1) is 13.5. The Bertz CT molecular complexity index is 855. The summed E-state index contributed by atoms with van der Waals surface area (Å²) in [7, 11) is 1.10. The molecule has 1 aromatic rings. The van der Waals surface area contributed by atoms with Crippen LogP contribution < -0.4 is 14.8 Å². The molecule has 1 heterocycles. The Hall–Kier alpha value is -2.28. The van der Waals surface area contributed by atoms with Crippen molar-refractivity contribution in [3.05, 3.63) is 35.6 Å². The van der Waals surface area contributed by atoms with E-state index in [1.54, 1.807) is 14.2 Å². The van der Waals surface area contributed by atoms with Crippen LogP contribution in [-0.2, 0) is 14.0 Å². The summed E-state index contributed by atoms with van der Waals surface area (Å²) in [4.78, 5) is 25.1. The third kappa shape index (κ3) is 3.92. The van der Waals surface area contributed by atoms with Gasteiger partial charge in [0.1, 0.15) is 0 Å². The molecule has 0 bridgehead atoms. The van der Waals surface area contributed by atoms with Gasteiger partial charge < -0.3 is 13.9 Å². The highest BCUT2D eigenvalue weighted by Crippen LogP contribution is 2.47. The maximum Gasteiger partial charge on any atom is 0.250 e. The van der Waals surface area contributed by atoms with Gasteiger partial charge in [0.05, 0.1) is 31.8 Å². The SMILES string of the molecule is COc1ccc([C@@H]2C=C(O[Si](C)(C)C(C)(C)C)C[C@H]3C(=O)NC(=O)[C@H]32)cc1OC. The van der Waals surface area contributed by atoms with E-state index in [4.69, 9.17) is 13.9 Å². The van der Waals surface area contributed by atoms with E-state index in [9.17, 15) is 9.59 Å². The highest BCUT2D eigenvalue weighted by Gasteiger charge is 2.50. The number of fused-ring (bicyclic) bond motifs is 1. The molecule has 1 fully saturated rings. The number of nitrogens with one attached hydrogen (secondary N) is 1. The molecular weight excluding hydrogens is 386 g/mol. The zero-order valence-corrected chi connectivity index (χ0v) is 19.3. The van der Waals surface area contributed by atoms with E-state index in [1.807, 2.05) is 24.3 Å². The largest absolute Gasteiger partial charge is 0.547 e. The number of benzene rings is 1. The average Bonchev–Trinajstić information content (AvgIpc) is 2.93. The van der Waals surface area contributed by atoms with E-state index in [0.717, 1.165) is 11.3 Å². The summed E-state index contributed by atoms with van der Waals surface area (Å²) >= 11 is 0. The van der Waals surface area contributed by atoms with Gasteiger partial charge in [0.2, 0.25) is 20.1 Å². The van der Waals surface area contributed by atoms with Gasteiger partial charge in [-0.25, -0.2) is 0 Å². The molecule has 1 N–H and O–H groups in total. The van der Waals surface area contributed by atoms with E-state index in [-0.39, 0.29) is 22.8 Å². The maximum absolute atomic E-state index is 12.6. The van der Waals surface area contributed by atoms with Gasteiger partial charge in [-0.1, -0.05) is 26.8 Å². The van der Waals surface area contributed by atoms with Crippen LogP contribution in [-0.4, -0.2) is 34.4 Å². The molecule has 1 aliphatic heterocycles. The summed E-state index contributed by atoms with van der Waals surface area (Å²) in [5.74, 6) is 0.478. The van der Waals surface area contributed by atoms with Crippen LogP contribution >= 0.6 is 0 Å². The molecule has 2 amide bonds. The number of methoxy groups -OCH3 is 2. The van der Waals surface area contributed by atoms with E-state index in [1.165, 1.54) is 0 Å². The van der Waals surface area contributed by atoms with Gasteiger partial charge in [0.25, 0.3) is 0 Å². The van der Waals surface area contributed by atoms with E-state index >= 15 is 0 Å². The Balaban J connectivity index is 2.04. The minimum Gasteiger partial charge on any atom is -0.547 e. The van der Waals surface area contributed by atoms with Gasteiger partial charge in [-0.3, -0.25) is 14.9 Å². The quantitative estimate of drug-likeness (QED) is 0.579. The molecule has 6 nitrogen and oxygen atoms in total. The van der Waals surface area contributed by atoms with Crippen molar-refractivity contribution in [1.29, 1.82) is 0 Å². The molecule has 1 aromatic carbocycles. The summed E-state index contributed by atoms with van der Waals surface area (Å²) in [6.45, 7) is 10.9. The average molecular weight is 418 g/mol. The van der Waals surface area contributed by atoms with Crippen LogP contribution in [0.15, 0.2) is 30.0 Å². The fraction of sp³-hybridized carbons (Fsp3) is 0.545. The van der Waals surface area contributed by atoms with Gasteiger partial charge in [-0.05, 0) is 41.9 Å². The number of imide groups is 1. The topological polar surface area (TPSA) is 73.9 Å². The van der Waals surface area contributed by atoms with Crippen LogP contribution in [0.1, 0.15) is 38.7 Å². The highest BCUT2D eigenvalue weighted by molar-refractivity contribution is 6.74. The van der Waals surface area contributed by atoms with Crippen molar-refractivity contribution in [2.75, 3.05) is 14.2 Å². The summed E-state index contributed by atoms with van der Waals surface area (Å²) in [5.41, 5.74) is 0.901. The Kier molecular flexibility index (Phi) is 5.55. The number of amides is 2. The van der Waals surface area contributed by atoms with Crippen LogP contribution in [0.4, 0.5) is 0 Å². The van der Waals surface area contributed by atoms with Crippen LogP contribution in [0, 0.1) is 11.8 Å². The molecule has 158 valence electrons. The normalized spacial score (nSPS) is 24.5. The van der Waals surface area contributed by atoms with Gasteiger partial charge in [-0.2, -0.15) is 0 Å². The Morgan fingerprint density at radius 1 is 1.03 bits per heavy atom. The molecule has 0 unspecified atom stereocenters. The lowest BCUT2D eigenvalue weighted by Gasteiger charge is -2.40. The predicted octanol–water partition coefficient (Wildman–Crippen LogP) is 3.99. The first kappa shape index (κ1) is 21.4. The van der Waals surface area contributed by atoms with Crippen molar-refractivity contribution in [3.63, 3.8) is 0 Å². The predicted molar refractivity (Wildman–Crippen MR) is 113 cm³/mol. The molecule has 0 spiro atoms. The van der Waals surface area contributed by atoms with Crippen molar-refractivity contribution in [3.8, 4) is 11.5 Å². The lowest BCUT2D eigenvalue weighted by molar-refractivity contribution is -0.126. The number of rotatable bonds is 5. The second-order valence-electron chi connectivity index (χ2n) is 9.33. The van der Waals surface area contributed by atoms with Gasteiger partial charge in [0, 0.05) is 12.3 Å². The second kappa shape index (κ2) is 7.52. The fourth-order valence-corrected chi connectivity index (χ4v) is 4.90. The third-order valence-electron chi connectivity index (χ3n) is 6.48. The van der Waals surface area contributed by atoms with E-state index in [2.05, 4.69) is 39.2 Å². The summed E-state index contributed by atoms with van der Waals surface area (Å²) < 4.78 is 17.3. The number of hydrogen-bond donors (Lipinski definition) is 1. The van der Waals surface area contributed by atoms with Gasteiger partial charge >= 0.3 is 0 Å². The standard InChI is InChI=1S/C22H31NO5Si/c1-22(2,3)29(6,7)28-14-11-15(19-16(12-14)20(24)23-21(19)25)13-8-9-17(26-4)18(10-13)27-5/h8-11,15-16,19H,12H2,1-7H3,(H,23,24,25)/t15-,16+,19-/m0/s1. The lowest BCUT2D eigenvalue weighted by Crippen LogP contribution is -2.41. The number of allylic oxidation sites excluding steroid dienone is 2. The van der Waals surface area contributed by atoms with Crippen LogP contribution in [0.3, 0.4) is 0 Å². The molecule has 3 atom stereocenters. The van der Waals surface area contributed by atoms with Crippen molar-refractivity contribution in [2.24, 2.45) is 11.8 Å². The number of carbonyl (C=O) groups excluding carboxylic acids is 2. The summed E-state index contributed by atoms with van der Waals surface area (Å²) in [6.07, 6.45) is 2.49. The molecule has 2 aliphatic rings. The minimum atomic E-state index is -2.07. The zero-order chi connectivity index (χ0) is 21.6. The first-order valence-electron chi connectivity index (χ1n) is 9.95. The zero-order valence-electron chi connectivity index (χ0n) is 18.3. The van der Waals surface area contributed by atoms with Gasteiger partial charge in [0.15, 0.2) is 11.5 Å². The Morgan fingerprint density at radius 2 is 1.69 bits per heavy atom. The molecule has 0 radical (unpaired) electrons. The Labute approximate surface area is 173 Å². The number of hydrogen-bond acceptors (Lipinski definition) is 5. The monoisotopic (exact) mass is 417 g/mol. The summed E-state index contributed by atoms with van der Waals surface area (Å²) in [6, 6.07) is 5.63. The van der Waals surface area contributed by atoms with Crippen molar-refractivity contribution < 1.29 is 23.5 Å². The molecule has 1 saturated heterocycles. The van der Waals surface area contributed by atoms with Crippen molar-refractivity contribution in [1.82, 2.24) is 5.32 Å². The van der Waals surface area contributed by atoms with Gasteiger partial charge in [-0.15, -0.1) is 0 Å². The van der Waals surface area contributed by atoms with Crippen molar-refractivity contribution >= 4 is 20.1 Å². The van der Waals surface area contributed by atoms with Crippen LogP contribution in [0.5, 0.6) is 11.5 Å². The number of ether oxygens (including phenoxy) is 2. The molecular formula is C22H31NO5Si. The smallest absolute Gasteiger partial charge is 0.250 e. The minimum absolute atomic E-state index is 0.0390. The fourth-order valence-electron chi connectivity index (χ4n) is 3.79. The molecule has 29 heavy (non-hydrogen) atoms. The molecule has 1 aliphatic carbocycles. The van der Waals surface area contributed by atoms with Crippen LogP contribution in [0.25, 0.3) is 0 Å². The summed E-state index contributed by atoms with van der Waals surface area (Å²) in [5, 5.41) is 2.55. The molecule has 0 saturated carbocycles. The lowest BCUT2D eigenvalue weighted by atomic mass is 9.73. The number of carbonyl (C=O) groups is 2. The van der Waals surface area contributed by atoms with E-state index in [0.29, 0.717) is 17.9 Å². The first-order valence-corrected chi connectivity index (χ1v) is 12.9. The molecule has 0 aromatic heterocycles. The third-order valence-corrected chi connectivity index (χ3v) is 10.9. The second-order valence-corrected chi connectivity index (χ2v) is 14.1. The molecule has 3 rings (SSSR count).